The highest BCUT2D eigenvalue weighted by Gasteiger charge is 2.48. The molecule has 1 aliphatic rings. The van der Waals surface area contributed by atoms with Crippen molar-refractivity contribution >= 4 is 17.7 Å². The number of hydrogen-bond donors (Lipinski definition) is 1. The smallest absolute Gasteiger partial charge is 0.325 e. The molecule has 0 spiro atoms. The molecule has 0 bridgehead atoms. The van der Waals surface area contributed by atoms with Crippen LogP contribution in [0, 0.1) is 5.92 Å². The molecule has 2 rings (SSSR count). The first kappa shape index (κ1) is 16.9. The van der Waals surface area contributed by atoms with E-state index in [-0.39, 0.29) is 29.8 Å². The number of nitrogens with one attached hydrogen (secondary N) is 1. The summed E-state index contributed by atoms with van der Waals surface area (Å²) in [4.78, 5) is 42.0. The number of aromatic nitrogens is 1. The Labute approximate surface area is 135 Å². The highest BCUT2D eigenvalue weighted by molar-refractivity contribution is 6.11. The van der Waals surface area contributed by atoms with E-state index in [0.717, 1.165) is 4.90 Å². The Balaban J connectivity index is 2.18. The number of carbonyl (C=O) groups excluding carboxylic acids is 3. The van der Waals surface area contributed by atoms with Gasteiger partial charge in [-0.1, -0.05) is 13.8 Å². The number of urea groups is 1. The maximum atomic E-state index is 12.5. The van der Waals surface area contributed by atoms with Crippen LogP contribution in [0.15, 0.2) is 18.3 Å². The number of pyridine rings is 1. The average molecular weight is 319 g/mol. The van der Waals surface area contributed by atoms with Crippen LogP contribution < -0.4 is 10.1 Å². The van der Waals surface area contributed by atoms with Gasteiger partial charge in [0.25, 0.3) is 5.91 Å². The van der Waals surface area contributed by atoms with Crippen LogP contribution >= 0.6 is 0 Å². The standard InChI is InChI=1S/C16H21N3O4/c1-10(2)8-16(3)14(21)19(15(22)18-16)9-12(20)11-6-5-7-17-13(11)23-4/h5-7,10H,8-9H2,1-4H3,(H,18,22). The van der Waals surface area contributed by atoms with Crippen LogP contribution in [0.25, 0.3) is 0 Å². The van der Waals surface area contributed by atoms with Crippen molar-refractivity contribution in [3.63, 3.8) is 0 Å². The fraction of sp³-hybridized carbons (Fsp3) is 0.500. The van der Waals surface area contributed by atoms with Crippen molar-refractivity contribution < 1.29 is 19.1 Å². The second-order valence-corrected chi connectivity index (χ2v) is 6.23. The Morgan fingerprint density at radius 3 is 2.74 bits per heavy atom. The van der Waals surface area contributed by atoms with Gasteiger partial charge in [0.1, 0.15) is 5.54 Å². The summed E-state index contributed by atoms with van der Waals surface area (Å²) in [5, 5.41) is 2.69. The third-order valence-electron chi connectivity index (χ3n) is 3.73. The number of amides is 3. The highest BCUT2D eigenvalue weighted by Crippen LogP contribution is 2.25. The molecule has 1 N–H and O–H groups in total. The van der Waals surface area contributed by atoms with Gasteiger partial charge in [0.05, 0.1) is 19.2 Å². The first-order chi connectivity index (χ1) is 10.8. The summed E-state index contributed by atoms with van der Waals surface area (Å²) in [5.74, 6) is -0.368. The monoisotopic (exact) mass is 319 g/mol. The van der Waals surface area contributed by atoms with Gasteiger partial charge in [-0.2, -0.15) is 0 Å². The van der Waals surface area contributed by atoms with E-state index in [1.165, 1.54) is 13.3 Å². The van der Waals surface area contributed by atoms with Crippen molar-refractivity contribution in [1.82, 2.24) is 15.2 Å². The minimum Gasteiger partial charge on any atom is -0.480 e. The maximum Gasteiger partial charge on any atom is 0.325 e. The predicted molar refractivity (Wildman–Crippen MR) is 83.2 cm³/mol. The van der Waals surface area contributed by atoms with E-state index in [4.69, 9.17) is 4.74 Å². The van der Waals surface area contributed by atoms with Gasteiger partial charge in [0.2, 0.25) is 5.88 Å². The zero-order chi connectivity index (χ0) is 17.2. The largest absolute Gasteiger partial charge is 0.480 e. The average Bonchev–Trinajstić information content (AvgIpc) is 2.69. The highest BCUT2D eigenvalue weighted by atomic mass is 16.5. The molecule has 7 heteroatoms. The van der Waals surface area contributed by atoms with Gasteiger partial charge in [-0.15, -0.1) is 0 Å². The van der Waals surface area contributed by atoms with Crippen molar-refractivity contribution in [2.75, 3.05) is 13.7 Å². The number of nitrogens with zero attached hydrogens (tertiary/aromatic N) is 2. The molecule has 1 saturated heterocycles. The first-order valence-electron chi connectivity index (χ1n) is 7.45. The minimum absolute atomic E-state index is 0.175. The van der Waals surface area contributed by atoms with Crippen LogP contribution in [-0.4, -0.2) is 46.8 Å². The maximum absolute atomic E-state index is 12.5. The van der Waals surface area contributed by atoms with Crippen LogP contribution in [0.4, 0.5) is 4.79 Å². The van der Waals surface area contributed by atoms with Gasteiger partial charge >= 0.3 is 6.03 Å². The molecule has 1 atom stereocenters. The van der Waals surface area contributed by atoms with E-state index in [1.807, 2.05) is 13.8 Å². The van der Waals surface area contributed by atoms with Crippen LogP contribution in [0.2, 0.25) is 0 Å². The van der Waals surface area contributed by atoms with Gasteiger partial charge in [0, 0.05) is 6.20 Å². The van der Waals surface area contributed by atoms with E-state index in [0.29, 0.717) is 6.42 Å². The zero-order valence-corrected chi connectivity index (χ0v) is 13.8. The summed E-state index contributed by atoms with van der Waals surface area (Å²) >= 11 is 0. The number of ether oxygens (including phenoxy) is 1. The molecule has 23 heavy (non-hydrogen) atoms. The fourth-order valence-electron chi connectivity index (χ4n) is 2.84. The molecule has 0 radical (unpaired) electrons. The Kier molecular flexibility index (Phi) is 4.68. The van der Waals surface area contributed by atoms with Crippen LogP contribution in [0.5, 0.6) is 5.88 Å². The second-order valence-electron chi connectivity index (χ2n) is 6.23. The molecule has 1 aromatic heterocycles. The molecule has 0 aromatic carbocycles. The lowest BCUT2D eigenvalue weighted by Crippen LogP contribution is -2.45. The summed E-state index contributed by atoms with van der Waals surface area (Å²) < 4.78 is 5.04. The minimum atomic E-state index is -0.968. The van der Waals surface area contributed by atoms with Crippen LogP contribution in [0.3, 0.4) is 0 Å². The molecule has 1 aromatic rings. The van der Waals surface area contributed by atoms with Crippen molar-refractivity contribution in [2.24, 2.45) is 5.92 Å². The van der Waals surface area contributed by atoms with E-state index < -0.39 is 17.4 Å². The Morgan fingerprint density at radius 2 is 2.13 bits per heavy atom. The van der Waals surface area contributed by atoms with Gasteiger partial charge in [-0.25, -0.2) is 9.78 Å². The number of rotatable bonds is 6. The summed E-state index contributed by atoms with van der Waals surface area (Å²) in [6.45, 7) is 5.29. The Bertz CT molecular complexity index is 644. The molecule has 7 nitrogen and oxygen atoms in total. The molecule has 0 aliphatic carbocycles. The van der Waals surface area contributed by atoms with Gasteiger partial charge in [-0.05, 0) is 31.4 Å². The Hall–Kier alpha value is -2.44. The molecular formula is C16H21N3O4. The molecule has 2 heterocycles. The number of carbonyl (C=O) groups is 3. The lowest BCUT2D eigenvalue weighted by Gasteiger charge is -2.23. The number of imide groups is 1. The number of methoxy groups -OCH3 is 1. The van der Waals surface area contributed by atoms with Crippen molar-refractivity contribution in [3.05, 3.63) is 23.9 Å². The van der Waals surface area contributed by atoms with Crippen molar-refractivity contribution in [1.29, 1.82) is 0 Å². The normalized spacial score (nSPS) is 20.8. The molecule has 1 fully saturated rings. The van der Waals surface area contributed by atoms with Gasteiger partial charge in [0.15, 0.2) is 5.78 Å². The number of ketones is 1. The van der Waals surface area contributed by atoms with Crippen LogP contribution in [-0.2, 0) is 4.79 Å². The van der Waals surface area contributed by atoms with E-state index in [2.05, 4.69) is 10.3 Å². The Morgan fingerprint density at radius 1 is 1.43 bits per heavy atom. The molecular weight excluding hydrogens is 298 g/mol. The van der Waals surface area contributed by atoms with E-state index >= 15 is 0 Å². The lowest BCUT2D eigenvalue weighted by molar-refractivity contribution is -0.131. The van der Waals surface area contributed by atoms with Gasteiger partial charge < -0.3 is 10.1 Å². The second kappa shape index (κ2) is 6.36. The van der Waals surface area contributed by atoms with E-state index in [9.17, 15) is 14.4 Å². The van der Waals surface area contributed by atoms with Crippen molar-refractivity contribution in [3.8, 4) is 5.88 Å². The molecule has 1 unspecified atom stereocenters. The number of hydrogen-bond acceptors (Lipinski definition) is 5. The van der Waals surface area contributed by atoms with Crippen molar-refractivity contribution in [2.45, 2.75) is 32.7 Å². The zero-order valence-electron chi connectivity index (χ0n) is 13.8. The molecule has 0 saturated carbocycles. The fourth-order valence-corrected chi connectivity index (χ4v) is 2.84. The quantitative estimate of drug-likeness (QED) is 0.636. The third-order valence-corrected chi connectivity index (χ3v) is 3.73. The lowest BCUT2D eigenvalue weighted by atomic mass is 9.91. The third kappa shape index (κ3) is 3.33. The summed E-state index contributed by atoms with van der Waals surface area (Å²) in [6, 6.07) is 2.61. The summed E-state index contributed by atoms with van der Waals surface area (Å²) in [7, 11) is 1.41. The SMILES string of the molecule is COc1ncccc1C(=O)CN1C(=O)NC(C)(CC(C)C)C1=O. The topological polar surface area (TPSA) is 88.6 Å². The number of Topliss-reactive ketones (excluding diaryl/α,β-unsaturated/α-hetero) is 1. The van der Waals surface area contributed by atoms with Gasteiger partial charge in [-0.3, -0.25) is 14.5 Å². The first-order valence-corrected chi connectivity index (χ1v) is 7.45. The summed E-state index contributed by atoms with van der Waals surface area (Å²) in [6.07, 6.45) is 2.02. The molecule has 3 amide bonds. The summed E-state index contributed by atoms with van der Waals surface area (Å²) in [5.41, 5.74) is -0.724. The van der Waals surface area contributed by atoms with Crippen LogP contribution in [0.1, 0.15) is 37.6 Å². The molecule has 124 valence electrons. The molecule has 1 aliphatic heterocycles. The van der Waals surface area contributed by atoms with E-state index in [1.54, 1.807) is 19.1 Å². The predicted octanol–water partition coefficient (Wildman–Crippen LogP) is 1.63.